The van der Waals surface area contributed by atoms with Crippen LogP contribution in [0.25, 0.3) is 0 Å². The van der Waals surface area contributed by atoms with Gasteiger partial charge in [-0.2, -0.15) is 22.0 Å². The Morgan fingerprint density at radius 1 is 1.14 bits per heavy atom. The number of carbonyl (C=O) groups excluding carboxylic acids is 1. The molecule has 0 aromatic heterocycles. The number of hydrogen-bond donors (Lipinski definition) is 1. The van der Waals surface area contributed by atoms with Crippen molar-refractivity contribution in [2.75, 3.05) is 5.32 Å². The van der Waals surface area contributed by atoms with Gasteiger partial charge >= 0.3 is 12.1 Å². The first-order chi connectivity index (χ1) is 9.63. The zero-order valence-electron chi connectivity index (χ0n) is 10.6. The van der Waals surface area contributed by atoms with Crippen LogP contribution >= 0.6 is 11.6 Å². The van der Waals surface area contributed by atoms with E-state index in [0.29, 0.717) is 24.1 Å². The molecule has 2 rings (SSSR count). The highest BCUT2D eigenvalue weighted by Crippen LogP contribution is 2.48. The predicted octanol–water partition coefficient (Wildman–Crippen LogP) is 4.44. The Kier molecular flexibility index (Phi) is 4.15. The minimum absolute atomic E-state index is 0.218. The van der Waals surface area contributed by atoms with Crippen LogP contribution in [0, 0.1) is 0 Å². The summed E-state index contributed by atoms with van der Waals surface area (Å²) in [5, 5.41) is 0.0535. The van der Waals surface area contributed by atoms with Crippen LogP contribution in [0.4, 0.5) is 27.6 Å². The second-order valence-electron chi connectivity index (χ2n) is 4.80. The summed E-state index contributed by atoms with van der Waals surface area (Å²) in [6.45, 7) is 0. The fourth-order valence-electron chi connectivity index (χ4n) is 2.11. The summed E-state index contributed by atoms with van der Waals surface area (Å²) >= 11 is 5.34. The molecule has 1 amide bonds. The molecule has 1 aliphatic rings. The second kappa shape index (κ2) is 5.44. The van der Waals surface area contributed by atoms with Crippen molar-refractivity contribution in [2.24, 2.45) is 0 Å². The quantitative estimate of drug-likeness (QED) is 0.631. The Morgan fingerprint density at radius 2 is 1.81 bits per heavy atom. The number of nitrogens with one attached hydrogen (secondary N) is 1. The van der Waals surface area contributed by atoms with Crippen LogP contribution in [0.15, 0.2) is 18.2 Å². The highest BCUT2D eigenvalue weighted by atomic mass is 35.5. The van der Waals surface area contributed by atoms with Crippen molar-refractivity contribution in [3.63, 3.8) is 0 Å². The lowest BCUT2D eigenvalue weighted by Crippen LogP contribution is -2.40. The first kappa shape index (κ1) is 16.0. The second-order valence-corrected chi connectivity index (χ2v) is 5.24. The van der Waals surface area contributed by atoms with E-state index in [0.717, 1.165) is 6.07 Å². The van der Waals surface area contributed by atoms with Crippen LogP contribution in [-0.2, 0) is 11.2 Å². The zero-order chi connectivity index (χ0) is 15.8. The lowest BCUT2D eigenvalue weighted by molar-refractivity contribution is -0.283. The fourth-order valence-corrected chi connectivity index (χ4v) is 2.36. The highest BCUT2D eigenvalue weighted by Gasteiger charge is 2.62. The number of alkyl halides is 6. The monoisotopic (exact) mass is 327 g/mol. The van der Waals surface area contributed by atoms with E-state index in [1.165, 1.54) is 12.1 Å². The molecular formula is C13H11ClF5NO. The minimum atomic E-state index is -5.72. The molecule has 1 heterocycles. The molecule has 1 unspecified atom stereocenters. The fraction of sp³-hybridized carbons (Fsp3) is 0.462. The van der Waals surface area contributed by atoms with Crippen LogP contribution < -0.4 is 5.32 Å². The third-order valence-corrected chi connectivity index (χ3v) is 3.77. The molecule has 8 heteroatoms. The largest absolute Gasteiger partial charge is 0.455 e. The molecule has 0 spiro atoms. The van der Waals surface area contributed by atoms with E-state index in [-0.39, 0.29) is 17.9 Å². The molecule has 0 radical (unpaired) electrons. The third-order valence-electron chi connectivity index (χ3n) is 3.24. The number of benzene rings is 1. The molecule has 0 saturated heterocycles. The van der Waals surface area contributed by atoms with Crippen molar-refractivity contribution in [3.05, 3.63) is 29.3 Å². The van der Waals surface area contributed by atoms with Crippen molar-refractivity contribution in [3.8, 4) is 0 Å². The van der Waals surface area contributed by atoms with Crippen LogP contribution in [0.3, 0.4) is 0 Å². The first-order valence-electron chi connectivity index (χ1n) is 6.14. The standard InChI is InChI=1S/C13H11ClF5NO/c14-11(12(15,16)13(17,18)19)8-4-5-9-7(6-8)2-1-3-10(21)20-9/h4-6,11H,1-3H2,(H,20,21). The molecule has 1 aromatic rings. The summed E-state index contributed by atoms with van der Waals surface area (Å²) in [6, 6.07) is 3.57. The summed E-state index contributed by atoms with van der Waals surface area (Å²) in [7, 11) is 0. The van der Waals surface area contributed by atoms with Gasteiger partial charge in [-0.15, -0.1) is 11.6 Å². The van der Waals surface area contributed by atoms with Crippen molar-refractivity contribution < 1.29 is 26.7 Å². The number of fused-ring (bicyclic) bond motifs is 1. The normalized spacial score (nSPS) is 17.7. The van der Waals surface area contributed by atoms with Gasteiger partial charge < -0.3 is 5.32 Å². The Morgan fingerprint density at radius 3 is 2.43 bits per heavy atom. The SMILES string of the molecule is O=C1CCCc2cc(C(Cl)C(F)(F)C(F)(F)F)ccc2N1. The van der Waals surface area contributed by atoms with Gasteiger partial charge in [-0.3, -0.25) is 4.79 Å². The van der Waals surface area contributed by atoms with E-state index in [1.807, 2.05) is 0 Å². The van der Waals surface area contributed by atoms with E-state index >= 15 is 0 Å². The number of aryl methyl sites for hydroxylation is 1. The molecule has 2 nitrogen and oxygen atoms in total. The van der Waals surface area contributed by atoms with Crippen molar-refractivity contribution >= 4 is 23.2 Å². The molecule has 116 valence electrons. The van der Waals surface area contributed by atoms with E-state index in [1.54, 1.807) is 0 Å². The van der Waals surface area contributed by atoms with E-state index < -0.39 is 17.5 Å². The Hall–Kier alpha value is -1.37. The highest BCUT2D eigenvalue weighted by molar-refractivity contribution is 6.21. The summed E-state index contributed by atoms with van der Waals surface area (Å²) in [6.07, 6.45) is -4.55. The van der Waals surface area contributed by atoms with E-state index in [4.69, 9.17) is 11.6 Å². The molecule has 1 aliphatic heterocycles. The van der Waals surface area contributed by atoms with E-state index in [2.05, 4.69) is 5.32 Å². The maximum atomic E-state index is 13.3. The molecule has 0 bridgehead atoms. The van der Waals surface area contributed by atoms with Crippen LogP contribution in [0.2, 0.25) is 0 Å². The van der Waals surface area contributed by atoms with Gasteiger partial charge in [-0.05, 0) is 30.0 Å². The zero-order valence-corrected chi connectivity index (χ0v) is 11.4. The van der Waals surface area contributed by atoms with Gasteiger partial charge in [0, 0.05) is 12.1 Å². The molecule has 0 saturated carbocycles. The van der Waals surface area contributed by atoms with Gasteiger partial charge in [0.15, 0.2) is 0 Å². The van der Waals surface area contributed by atoms with Gasteiger partial charge in [0.2, 0.25) is 5.91 Å². The van der Waals surface area contributed by atoms with Crippen LogP contribution in [0.1, 0.15) is 29.3 Å². The molecule has 0 aliphatic carbocycles. The minimum Gasteiger partial charge on any atom is -0.326 e. The molecule has 1 N–H and O–H groups in total. The average Bonchev–Trinajstić information content (AvgIpc) is 2.56. The lowest BCUT2D eigenvalue weighted by atomic mass is 10.00. The van der Waals surface area contributed by atoms with Crippen LogP contribution in [-0.4, -0.2) is 18.0 Å². The number of amides is 1. The molecule has 0 fully saturated rings. The number of halogens is 6. The topological polar surface area (TPSA) is 29.1 Å². The Labute approximate surface area is 122 Å². The maximum absolute atomic E-state index is 13.3. The average molecular weight is 328 g/mol. The smallest absolute Gasteiger partial charge is 0.326 e. The Balaban J connectivity index is 2.34. The third kappa shape index (κ3) is 3.12. The van der Waals surface area contributed by atoms with Gasteiger partial charge in [-0.25, -0.2) is 0 Å². The van der Waals surface area contributed by atoms with Crippen molar-refractivity contribution in [1.82, 2.24) is 0 Å². The lowest BCUT2D eigenvalue weighted by Gasteiger charge is -2.25. The van der Waals surface area contributed by atoms with Crippen molar-refractivity contribution in [2.45, 2.75) is 36.7 Å². The summed E-state index contributed by atoms with van der Waals surface area (Å²) < 4.78 is 63.5. The van der Waals surface area contributed by atoms with E-state index in [9.17, 15) is 26.7 Å². The summed E-state index contributed by atoms with van der Waals surface area (Å²) in [5.74, 6) is -5.25. The maximum Gasteiger partial charge on any atom is 0.455 e. The first-order valence-corrected chi connectivity index (χ1v) is 6.58. The summed E-state index contributed by atoms with van der Waals surface area (Å²) in [4.78, 5) is 11.3. The van der Waals surface area contributed by atoms with Gasteiger partial charge in [0.25, 0.3) is 0 Å². The molecule has 21 heavy (non-hydrogen) atoms. The molecule has 1 atom stereocenters. The summed E-state index contributed by atoms with van der Waals surface area (Å²) in [5.41, 5.74) is 0.594. The van der Waals surface area contributed by atoms with Crippen molar-refractivity contribution in [1.29, 1.82) is 0 Å². The van der Waals surface area contributed by atoms with Gasteiger partial charge in [0.1, 0.15) is 5.38 Å². The number of hydrogen-bond acceptors (Lipinski definition) is 1. The predicted molar refractivity (Wildman–Crippen MR) is 67.6 cm³/mol. The molecule has 1 aromatic carbocycles. The number of anilines is 1. The van der Waals surface area contributed by atoms with Gasteiger partial charge in [0.05, 0.1) is 0 Å². The van der Waals surface area contributed by atoms with Crippen LogP contribution in [0.5, 0.6) is 0 Å². The Bertz CT molecular complexity index is 558. The number of carbonyl (C=O) groups is 1. The van der Waals surface area contributed by atoms with Gasteiger partial charge in [-0.1, -0.05) is 12.1 Å². The molecular weight excluding hydrogens is 317 g/mol. The number of rotatable bonds is 2.